The van der Waals surface area contributed by atoms with E-state index in [0.29, 0.717) is 12.2 Å². The highest BCUT2D eigenvalue weighted by molar-refractivity contribution is 7.12. The normalized spacial score (nSPS) is 22.4. The van der Waals surface area contributed by atoms with E-state index < -0.39 is 0 Å². The summed E-state index contributed by atoms with van der Waals surface area (Å²) in [6.07, 6.45) is 2.80. The van der Waals surface area contributed by atoms with Gasteiger partial charge in [-0.15, -0.1) is 11.3 Å². The van der Waals surface area contributed by atoms with Crippen molar-refractivity contribution in [1.82, 2.24) is 9.80 Å². The van der Waals surface area contributed by atoms with Crippen LogP contribution in [0.5, 0.6) is 0 Å². The number of aryl methyl sites for hydroxylation is 1. The molecule has 0 radical (unpaired) electrons. The Kier molecular flexibility index (Phi) is 5.13. The fourth-order valence-corrected chi connectivity index (χ4v) is 3.58. The van der Waals surface area contributed by atoms with Crippen molar-refractivity contribution < 1.29 is 4.79 Å². The van der Waals surface area contributed by atoms with Crippen LogP contribution in [0.15, 0.2) is 12.1 Å². The summed E-state index contributed by atoms with van der Waals surface area (Å²) in [6, 6.07) is 4.32. The zero-order valence-corrected chi connectivity index (χ0v) is 13.0. The minimum Gasteiger partial charge on any atom is -0.304 e. The summed E-state index contributed by atoms with van der Waals surface area (Å²) in [7, 11) is 4.19. The molecular weight excluding hydrogens is 256 g/mol. The van der Waals surface area contributed by atoms with E-state index in [1.54, 1.807) is 11.3 Å². The summed E-state index contributed by atoms with van der Waals surface area (Å²) < 4.78 is 0. The Balaban J connectivity index is 2.00. The molecule has 0 saturated carbocycles. The Bertz CT molecular complexity index is 430. The van der Waals surface area contributed by atoms with E-state index in [1.165, 1.54) is 9.75 Å². The summed E-state index contributed by atoms with van der Waals surface area (Å²) >= 11 is 1.78. The van der Waals surface area contributed by atoms with Gasteiger partial charge in [0.05, 0.1) is 6.04 Å². The van der Waals surface area contributed by atoms with E-state index in [2.05, 4.69) is 43.0 Å². The standard InChI is InChI=1S/C15H24N2OS/c1-4-12-6-7-13(19-12)10-15(18)14-11-16(2)8-5-9-17(14)3/h6-7,14H,4-5,8-11H2,1-3H3. The van der Waals surface area contributed by atoms with Gasteiger partial charge in [0.15, 0.2) is 5.78 Å². The molecule has 0 bridgehead atoms. The number of carbonyl (C=O) groups excluding carboxylic acids is 1. The van der Waals surface area contributed by atoms with Gasteiger partial charge in [-0.1, -0.05) is 6.92 Å². The number of rotatable bonds is 4. The number of thiophene rings is 1. The smallest absolute Gasteiger partial charge is 0.156 e. The molecule has 4 heteroatoms. The van der Waals surface area contributed by atoms with Crippen LogP contribution in [0.1, 0.15) is 23.1 Å². The fourth-order valence-electron chi connectivity index (χ4n) is 2.62. The molecule has 1 fully saturated rings. The molecule has 2 rings (SSSR count). The first-order chi connectivity index (χ1) is 9.10. The van der Waals surface area contributed by atoms with Crippen LogP contribution in [0, 0.1) is 0 Å². The first kappa shape index (κ1) is 14.7. The number of Topliss-reactive ketones (excluding diaryl/α,β-unsaturated/α-hetero) is 1. The molecule has 0 amide bonds. The second-order valence-corrected chi connectivity index (χ2v) is 6.73. The van der Waals surface area contributed by atoms with Crippen LogP contribution in [-0.4, -0.2) is 55.4 Å². The Hall–Kier alpha value is -0.710. The molecule has 1 aliphatic rings. The molecule has 1 aromatic rings. The van der Waals surface area contributed by atoms with Crippen LogP contribution < -0.4 is 0 Å². The number of nitrogens with zero attached hydrogens (tertiary/aromatic N) is 2. The predicted molar refractivity (Wildman–Crippen MR) is 80.9 cm³/mol. The molecule has 0 aliphatic carbocycles. The molecule has 19 heavy (non-hydrogen) atoms. The van der Waals surface area contributed by atoms with Crippen molar-refractivity contribution in [3.8, 4) is 0 Å². The molecule has 0 N–H and O–H groups in total. The summed E-state index contributed by atoms with van der Waals surface area (Å²) in [5, 5.41) is 0. The van der Waals surface area contributed by atoms with Crippen molar-refractivity contribution in [1.29, 1.82) is 0 Å². The Morgan fingerprint density at radius 3 is 2.74 bits per heavy atom. The molecule has 1 aromatic heterocycles. The van der Waals surface area contributed by atoms with Gasteiger partial charge >= 0.3 is 0 Å². The number of carbonyl (C=O) groups is 1. The molecule has 1 aliphatic heterocycles. The highest BCUT2D eigenvalue weighted by Gasteiger charge is 2.26. The van der Waals surface area contributed by atoms with Crippen molar-refractivity contribution in [3.63, 3.8) is 0 Å². The maximum atomic E-state index is 12.5. The van der Waals surface area contributed by atoms with Crippen LogP contribution >= 0.6 is 11.3 Å². The van der Waals surface area contributed by atoms with E-state index in [0.717, 1.165) is 32.5 Å². The molecule has 1 atom stereocenters. The lowest BCUT2D eigenvalue weighted by Gasteiger charge is -2.25. The van der Waals surface area contributed by atoms with Gasteiger partial charge in [-0.3, -0.25) is 9.69 Å². The largest absolute Gasteiger partial charge is 0.304 e. The zero-order valence-electron chi connectivity index (χ0n) is 12.2. The quantitative estimate of drug-likeness (QED) is 0.843. The molecule has 0 aromatic carbocycles. The molecular formula is C15H24N2OS. The minimum atomic E-state index is 0.0553. The van der Waals surface area contributed by atoms with Crippen molar-refractivity contribution in [3.05, 3.63) is 21.9 Å². The second-order valence-electron chi connectivity index (χ2n) is 5.48. The first-order valence-corrected chi connectivity index (χ1v) is 7.91. The average Bonchev–Trinajstić information content (AvgIpc) is 2.75. The van der Waals surface area contributed by atoms with E-state index in [9.17, 15) is 4.79 Å². The lowest BCUT2D eigenvalue weighted by molar-refractivity contribution is -0.123. The van der Waals surface area contributed by atoms with Crippen molar-refractivity contribution >= 4 is 17.1 Å². The predicted octanol–water partition coefficient (Wildman–Crippen LogP) is 2.06. The number of hydrogen-bond donors (Lipinski definition) is 0. The Morgan fingerprint density at radius 1 is 1.32 bits per heavy atom. The molecule has 0 spiro atoms. The second kappa shape index (κ2) is 6.64. The average molecular weight is 280 g/mol. The highest BCUT2D eigenvalue weighted by atomic mass is 32.1. The molecule has 3 nitrogen and oxygen atoms in total. The summed E-state index contributed by atoms with van der Waals surface area (Å²) in [4.78, 5) is 19.6. The molecule has 2 heterocycles. The van der Waals surface area contributed by atoms with E-state index in [-0.39, 0.29) is 6.04 Å². The Labute approximate surface area is 120 Å². The maximum Gasteiger partial charge on any atom is 0.156 e. The molecule has 1 unspecified atom stereocenters. The number of likely N-dealkylation sites (N-methyl/N-ethyl adjacent to an activating group) is 2. The highest BCUT2D eigenvalue weighted by Crippen LogP contribution is 2.19. The van der Waals surface area contributed by atoms with E-state index in [1.807, 2.05) is 0 Å². The van der Waals surface area contributed by atoms with Gasteiger partial charge in [-0.25, -0.2) is 0 Å². The van der Waals surface area contributed by atoms with Gasteiger partial charge in [0, 0.05) is 22.7 Å². The van der Waals surface area contributed by atoms with Crippen LogP contribution in [0.25, 0.3) is 0 Å². The van der Waals surface area contributed by atoms with Crippen molar-refractivity contribution in [2.45, 2.75) is 32.2 Å². The van der Waals surface area contributed by atoms with Gasteiger partial charge < -0.3 is 4.90 Å². The molecule has 1 saturated heterocycles. The van der Waals surface area contributed by atoms with E-state index >= 15 is 0 Å². The summed E-state index contributed by atoms with van der Waals surface area (Å²) in [5.41, 5.74) is 0. The van der Waals surface area contributed by atoms with Crippen molar-refractivity contribution in [2.24, 2.45) is 0 Å². The lowest BCUT2D eigenvalue weighted by Crippen LogP contribution is -2.44. The van der Waals surface area contributed by atoms with Gasteiger partial charge in [0.25, 0.3) is 0 Å². The molecule has 106 valence electrons. The fraction of sp³-hybridized carbons (Fsp3) is 0.667. The lowest BCUT2D eigenvalue weighted by atomic mass is 10.1. The summed E-state index contributed by atoms with van der Waals surface area (Å²) in [6.45, 7) is 5.13. The van der Waals surface area contributed by atoms with Gasteiger partial charge in [-0.05, 0) is 52.2 Å². The van der Waals surface area contributed by atoms with Crippen LogP contribution in [0.2, 0.25) is 0 Å². The van der Waals surface area contributed by atoms with Crippen molar-refractivity contribution in [2.75, 3.05) is 33.7 Å². The minimum absolute atomic E-state index is 0.0553. The maximum absolute atomic E-state index is 12.5. The van der Waals surface area contributed by atoms with Crippen LogP contribution in [0.4, 0.5) is 0 Å². The summed E-state index contributed by atoms with van der Waals surface area (Å²) in [5.74, 6) is 0.362. The van der Waals surface area contributed by atoms with Gasteiger partial charge in [0.1, 0.15) is 0 Å². The van der Waals surface area contributed by atoms with Gasteiger partial charge in [-0.2, -0.15) is 0 Å². The monoisotopic (exact) mass is 280 g/mol. The Morgan fingerprint density at radius 2 is 2.05 bits per heavy atom. The van der Waals surface area contributed by atoms with E-state index in [4.69, 9.17) is 0 Å². The van der Waals surface area contributed by atoms with Crippen LogP contribution in [0.3, 0.4) is 0 Å². The number of ketones is 1. The third-order valence-electron chi connectivity index (χ3n) is 3.85. The van der Waals surface area contributed by atoms with Gasteiger partial charge in [0.2, 0.25) is 0 Å². The third kappa shape index (κ3) is 3.88. The third-order valence-corrected chi connectivity index (χ3v) is 5.08. The van der Waals surface area contributed by atoms with Crippen LogP contribution in [-0.2, 0) is 17.6 Å². The topological polar surface area (TPSA) is 23.6 Å². The first-order valence-electron chi connectivity index (χ1n) is 7.09. The number of hydrogen-bond acceptors (Lipinski definition) is 4. The SMILES string of the molecule is CCc1ccc(CC(=O)C2CN(C)CCCN2C)s1. The zero-order chi connectivity index (χ0) is 13.8.